The van der Waals surface area contributed by atoms with Crippen LogP contribution in [0, 0.1) is 12.8 Å². The fourth-order valence-corrected chi connectivity index (χ4v) is 4.55. The summed E-state index contributed by atoms with van der Waals surface area (Å²) < 4.78 is 37.0. The van der Waals surface area contributed by atoms with E-state index >= 15 is 0 Å². The lowest BCUT2D eigenvalue weighted by Gasteiger charge is -2.17. The highest BCUT2D eigenvalue weighted by molar-refractivity contribution is 7.89. The summed E-state index contributed by atoms with van der Waals surface area (Å²) in [5.74, 6) is 1.39. The topological polar surface area (TPSA) is 85.5 Å². The van der Waals surface area contributed by atoms with Crippen LogP contribution >= 0.6 is 0 Å². The van der Waals surface area contributed by atoms with Gasteiger partial charge in [0.1, 0.15) is 0 Å². The summed E-state index contributed by atoms with van der Waals surface area (Å²) in [6.45, 7) is 5.07. The normalized spacial score (nSPS) is 30.8. The van der Waals surface area contributed by atoms with Crippen LogP contribution in [0.2, 0.25) is 0 Å². The molecule has 7 nitrogen and oxygen atoms in total. The van der Waals surface area contributed by atoms with Crippen LogP contribution in [0.4, 0.5) is 0 Å². The van der Waals surface area contributed by atoms with Crippen molar-refractivity contribution in [2.75, 3.05) is 25.4 Å². The minimum atomic E-state index is -3.17. The van der Waals surface area contributed by atoms with E-state index in [1.54, 1.807) is 11.2 Å². The summed E-state index contributed by atoms with van der Waals surface area (Å²) in [6.07, 6.45) is 0.570. The molecule has 0 radical (unpaired) electrons. The quantitative estimate of drug-likeness (QED) is 0.806. The number of rotatable bonds is 4. The minimum Gasteiger partial charge on any atom is -0.425 e. The van der Waals surface area contributed by atoms with Crippen molar-refractivity contribution in [2.45, 2.75) is 32.3 Å². The van der Waals surface area contributed by atoms with Crippen LogP contribution in [0.15, 0.2) is 4.42 Å². The molecule has 0 spiro atoms. The highest BCUT2D eigenvalue weighted by Gasteiger charge is 2.49. The van der Waals surface area contributed by atoms with Crippen LogP contribution in [-0.2, 0) is 14.8 Å². The number of hydrogen-bond donors (Lipinski definition) is 0. The van der Waals surface area contributed by atoms with Crippen LogP contribution in [0.25, 0.3) is 0 Å². The zero-order valence-electron chi connectivity index (χ0n) is 11.7. The molecule has 0 saturated carbocycles. The predicted molar refractivity (Wildman–Crippen MR) is 70.7 cm³/mol. The third kappa shape index (κ3) is 2.36. The molecule has 3 heterocycles. The zero-order valence-corrected chi connectivity index (χ0v) is 12.5. The van der Waals surface area contributed by atoms with Crippen molar-refractivity contribution in [2.24, 2.45) is 5.92 Å². The van der Waals surface area contributed by atoms with Gasteiger partial charge in [0.2, 0.25) is 21.8 Å². The Balaban J connectivity index is 1.76. The van der Waals surface area contributed by atoms with Crippen molar-refractivity contribution in [3.05, 3.63) is 11.8 Å². The molecule has 0 aliphatic carbocycles. The average molecular weight is 301 g/mol. The van der Waals surface area contributed by atoms with Gasteiger partial charge in [-0.15, -0.1) is 10.2 Å². The molecule has 0 unspecified atom stereocenters. The summed E-state index contributed by atoms with van der Waals surface area (Å²) in [5.41, 5.74) is 0. The van der Waals surface area contributed by atoms with Crippen molar-refractivity contribution >= 4 is 10.0 Å². The van der Waals surface area contributed by atoms with Gasteiger partial charge in [0, 0.05) is 25.9 Å². The minimum absolute atomic E-state index is 0.00280. The molecule has 0 N–H and O–H groups in total. The smallest absolute Gasteiger partial charge is 0.222 e. The fraction of sp³-hybridized carbons (Fsp3) is 0.833. The lowest BCUT2D eigenvalue weighted by Crippen LogP contribution is -2.32. The maximum atomic E-state index is 12.1. The number of nitrogens with zero attached hydrogens (tertiary/aromatic N) is 3. The molecule has 2 aliphatic heterocycles. The van der Waals surface area contributed by atoms with Crippen LogP contribution in [0.3, 0.4) is 0 Å². The molecule has 0 aromatic carbocycles. The van der Waals surface area contributed by atoms with Gasteiger partial charge in [0.15, 0.2) is 0 Å². The van der Waals surface area contributed by atoms with Gasteiger partial charge < -0.3 is 9.15 Å². The summed E-state index contributed by atoms with van der Waals surface area (Å²) in [4.78, 5) is 0. The van der Waals surface area contributed by atoms with E-state index < -0.39 is 10.0 Å². The Labute approximate surface area is 118 Å². The second kappa shape index (κ2) is 5.09. The Hall–Kier alpha value is -0.990. The number of aryl methyl sites for hydroxylation is 1. The van der Waals surface area contributed by atoms with Gasteiger partial charge in [-0.25, -0.2) is 8.42 Å². The first kappa shape index (κ1) is 14.0. The first-order valence-electron chi connectivity index (χ1n) is 6.90. The van der Waals surface area contributed by atoms with Crippen LogP contribution in [0.5, 0.6) is 0 Å². The van der Waals surface area contributed by atoms with Gasteiger partial charge in [-0.3, -0.25) is 0 Å². The van der Waals surface area contributed by atoms with E-state index in [2.05, 4.69) is 10.2 Å². The van der Waals surface area contributed by atoms with E-state index in [0.29, 0.717) is 37.9 Å². The third-order valence-corrected chi connectivity index (χ3v) is 6.01. The molecule has 1 aromatic rings. The zero-order chi connectivity index (χ0) is 14.3. The van der Waals surface area contributed by atoms with Crippen molar-refractivity contribution < 1.29 is 17.6 Å². The van der Waals surface area contributed by atoms with Crippen molar-refractivity contribution in [3.8, 4) is 0 Å². The molecule has 3 atom stereocenters. The summed E-state index contributed by atoms with van der Waals surface area (Å²) in [5, 5.41) is 7.89. The van der Waals surface area contributed by atoms with Crippen LogP contribution < -0.4 is 0 Å². The second-order valence-corrected chi connectivity index (χ2v) is 7.52. The van der Waals surface area contributed by atoms with Crippen LogP contribution in [-0.4, -0.2) is 54.5 Å². The van der Waals surface area contributed by atoms with E-state index in [-0.39, 0.29) is 23.7 Å². The Kier molecular flexibility index (Phi) is 3.55. The Morgan fingerprint density at radius 2 is 2.15 bits per heavy atom. The maximum Gasteiger partial charge on any atom is 0.222 e. The van der Waals surface area contributed by atoms with E-state index in [1.807, 2.05) is 6.92 Å². The van der Waals surface area contributed by atoms with Gasteiger partial charge >= 0.3 is 0 Å². The van der Waals surface area contributed by atoms with Gasteiger partial charge in [-0.2, -0.15) is 4.31 Å². The first-order chi connectivity index (χ1) is 9.51. The molecule has 2 saturated heterocycles. The maximum absolute atomic E-state index is 12.1. The van der Waals surface area contributed by atoms with E-state index in [9.17, 15) is 8.42 Å². The number of sulfonamides is 1. The Morgan fingerprint density at radius 1 is 1.35 bits per heavy atom. The molecular weight excluding hydrogens is 282 g/mol. The molecular formula is C12H19N3O4S. The number of aromatic nitrogens is 2. The van der Waals surface area contributed by atoms with E-state index in [1.165, 1.54) is 0 Å². The molecule has 0 amide bonds. The Bertz CT molecular complexity index is 585. The molecule has 1 aromatic heterocycles. The SMILES string of the molecule is CCCS(=O)(=O)N1C[C@@H]2[C@@H](c3nnc(C)o3)CO[C@@H]2C1. The lowest BCUT2D eigenvalue weighted by molar-refractivity contribution is 0.105. The van der Waals surface area contributed by atoms with Crippen molar-refractivity contribution in [1.29, 1.82) is 0 Å². The van der Waals surface area contributed by atoms with Crippen molar-refractivity contribution in [3.63, 3.8) is 0 Å². The number of hydrogen-bond acceptors (Lipinski definition) is 6. The Morgan fingerprint density at radius 3 is 2.80 bits per heavy atom. The van der Waals surface area contributed by atoms with Gasteiger partial charge in [-0.1, -0.05) is 6.92 Å². The third-order valence-electron chi connectivity index (χ3n) is 4.00. The summed E-state index contributed by atoms with van der Waals surface area (Å²) in [6, 6.07) is 0. The predicted octanol–water partition coefficient (Wildman–Crippen LogP) is 0.532. The highest BCUT2D eigenvalue weighted by atomic mass is 32.2. The van der Waals surface area contributed by atoms with Crippen LogP contribution in [0.1, 0.15) is 31.0 Å². The van der Waals surface area contributed by atoms with Gasteiger partial charge in [0.05, 0.1) is 24.4 Å². The molecule has 2 fully saturated rings. The summed E-state index contributed by atoms with van der Waals surface area (Å²) >= 11 is 0. The number of fused-ring (bicyclic) bond motifs is 1. The largest absolute Gasteiger partial charge is 0.425 e. The fourth-order valence-electron chi connectivity index (χ4n) is 3.01. The average Bonchev–Trinajstić information content (AvgIpc) is 3.02. The van der Waals surface area contributed by atoms with E-state index in [4.69, 9.17) is 9.15 Å². The van der Waals surface area contributed by atoms with Gasteiger partial charge in [0.25, 0.3) is 0 Å². The molecule has 20 heavy (non-hydrogen) atoms. The molecule has 2 aliphatic rings. The molecule has 8 heteroatoms. The highest BCUT2D eigenvalue weighted by Crippen LogP contribution is 2.40. The van der Waals surface area contributed by atoms with Crippen molar-refractivity contribution in [1.82, 2.24) is 14.5 Å². The van der Waals surface area contributed by atoms with Gasteiger partial charge in [-0.05, 0) is 6.42 Å². The monoisotopic (exact) mass is 301 g/mol. The lowest BCUT2D eigenvalue weighted by atomic mass is 9.93. The van der Waals surface area contributed by atoms with E-state index in [0.717, 1.165) is 0 Å². The summed E-state index contributed by atoms with van der Waals surface area (Å²) in [7, 11) is -3.17. The number of ether oxygens (including phenoxy) is 1. The second-order valence-electron chi connectivity index (χ2n) is 5.43. The molecule has 3 rings (SSSR count). The molecule has 0 bridgehead atoms. The first-order valence-corrected chi connectivity index (χ1v) is 8.51. The molecule has 112 valence electrons. The standard InChI is InChI=1S/C12H19N3O4S/c1-3-4-20(16,17)15-5-9-10(7-18-11(9)6-15)12-14-13-8(2)19-12/h9-11H,3-7H2,1-2H3/t9-,10+,11-/m1/s1.